The average molecular weight is 225 g/mol. The Morgan fingerprint density at radius 1 is 1.25 bits per heavy atom. The highest BCUT2D eigenvalue weighted by Crippen LogP contribution is 2.28. The highest BCUT2D eigenvalue weighted by Gasteiger charge is 2.20. The van der Waals surface area contributed by atoms with Crippen molar-refractivity contribution in [3.8, 4) is 0 Å². The molecule has 2 fully saturated rings. The number of likely N-dealkylation sites (tertiary alicyclic amines) is 1. The number of ether oxygens (including phenoxy) is 1. The van der Waals surface area contributed by atoms with E-state index in [1.54, 1.807) is 0 Å². The summed E-state index contributed by atoms with van der Waals surface area (Å²) in [6.45, 7) is 4.47. The van der Waals surface area contributed by atoms with Gasteiger partial charge in [0.15, 0.2) is 5.96 Å². The highest BCUT2D eigenvalue weighted by atomic mass is 16.5. The van der Waals surface area contributed by atoms with E-state index in [4.69, 9.17) is 10.5 Å². The zero-order chi connectivity index (χ0) is 11.2. The van der Waals surface area contributed by atoms with Gasteiger partial charge in [-0.15, -0.1) is 0 Å². The Hall–Kier alpha value is -0.770. The Morgan fingerprint density at radius 3 is 2.69 bits per heavy atom. The quantitative estimate of drug-likeness (QED) is 0.435. The Labute approximate surface area is 97.9 Å². The van der Waals surface area contributed by atoms with Crippen molar-refractivity contribution < 1.29 is 4.74 Å². The summed E-state index contributed by atoms with van der Waals surface area (Å²) in [7, 11) is 0. The van der Waals surface area contributed by atoms with E-state index < -0.39 is 0 Å². The van der Waals surface area contributed by atoms with E-state index in [0.29, 0.717) is 19.1 Å². The Bertz CT molecular complexity index is 232. The lowest BCUT2D eigenvalue weighted by molar-refractivity contribution is 0.131. The third kappa shape index (κ3) is 4.00. The molecule has 2 rings (SSSR count). The van der Waals surface area contributed by atoms with E-state index in [9.17, 15) is 0 Å². The minimum Gasteiger partial charge on any atom is -0.379 e. The molecule has 4 heteroatoms. The molecule has 1 saturated carbocycles. The van der Waals surface area contributed by atoms with Crippen LogP contribution in [0.1, 0.15) is 32.1 Å². The first kappa shape index (κ1) is 11.7. The third-order valence-electron chi connectivity index (χ3n) is 3.24. The van der Waals surface area contributed by atoms with E-state index in [1.165, 1.54) is 32.1 Å². The first-order valence-corrected chi connectivity index (χ1v) is 6.49. The smallest absolute Gasteiger partial charge is 0.191 e. The maximum atomic E-state index is 5.92. The number of rotatable bonds is 5. The van der Waals surface area contributed by atoms with E-state index in [1.807, 2.05) is 0 Å². The SMILES string of the molecule is NC(=NCCOCC1CC1)N1CCCCC1. The van der Waals surface area contributed by atoms with Crippen LogP contribution in [0.5, 0.6) is 0 Å². The molecule has 1 aliphatic heterocycles. The molecular weight excluding hydrogens is 202 g/mol. The van der Waals surface area contributed by atoms with E-state index in [-0.39, 0.29) is 0 Å². The molecule has 0 aromatic carbocycles. The third-order valence-corrected chi connectivity index (χ3v) is 3.24. The molecule has 1 saturated heterocycles. The summed E-state index contributed by atoms with van der Waals surface area (Å²) >= 11 is 0. The van der Waals surface area contributed by atoms with Gasteiger partial charge in [0, 0.05) is 19.7 Å². The zero-order valence-corrected chi connectivity index (χ0v) is 10.0. The van der Waals surface area contributed by atoms with E-state index >= 15 is 0 Å². The van der Waals surface area contributed by atoms with Crippen LogP contribution >= 0.6 is 0 Å². The number of nitrogens with zero attached hydrogens (tertiary/aromatic N) is 2. The second kappa shape index (κ2) is 6.09. The molecule has 0 amide bonds. The van der Waals surface area contributed by atoms with Gasteiger partial charge in [-0.1, -0.05) is 0 Å². The van der Waals surface area contributed by atoms with Crippen LogP contribution in [0.25, 0.3) is 0 Å². The molecule has 2 N–H and O–H groups in total. The summed E-state index contributed by atoms with van der Waals surface area (Å²) in [6.07, 6.45) is 6.51. The van der Waals surface area contributed by atoms with E-state index in [0.717, 1.165) is 25.6 Å². The largest absolute Gasteiger partial charge is 0.379 e. The molecular formula is C12H23N3O. The predicted molar refractivity (Wildman–Crippen MR) is 65.5 cm³/mol. The molecule has 0 aromatic rings. The van der Waals surface area contributed by atoms with Gasteiger partial charge in [-0.3, -0.25) is 4.99 Å². The highest BCUT2D eigenvalue weighted by molar-refractivity contribution is 5.78. The number of hydrogen-bond acceptors (Lipinski definition) is 2. The summed E-state index contributed by atoms with van der Waals surface area (Å²) in [5, 5.41) is 0. The van der Waals surface area contributed by atoms with Gasteiger partial charge in [0.1, 0.15) is 0 Å². The molecule has 92 valence electrons. The molecule has 0 radical (unpaired) electrons. The molecule has 0 aromatic heterocycles. The maximum absolute atomic E-state index is 5.92. The second-order valence-corrected chi connectivity index (χ2v) is 4.81. The summed E-state index contributed by atoms with van der Waals surface area (Å²) in [4.78, 5) is 6.55. The molecule has 0 spiro atoms. The Morgan fingerprint density at radius 2 is 2.00 bits per heavy atom. The van der Waals surface area contributed by atoms with Crippen LogP contribution < -0.4 is 5.73 Å². The lowest BCUT2D eigenvalue weighted by atomic mass is 10.1. The zero-order valence-electron chi connectivity index (χ0n) is 10.0. The van der Waals surface area contributed by atoms with Crippen molar-refractivity contribution in [2.45, 2.75) is 32.1 Å². The van der Waals surface area contributed by atoms with Crippen LogP contribution in [0, 0.1) is 5.92 Å². The second-order valence-electron chi connectivity index (χ2n) is 4.81. The summed E-state index contributed by atoms with van der Waals surface area (Å²) in [6, 6.07) is 0. The molecule has 4 nitrogen and oxygen atoms in total. The lowest BCUT2D eigenvalue weighted by Gasteiger charge is -2.27. The van der Waals surface area contributed by atoms with Crippen molar-refractivity contribution in [1.82, 2.24) is 4.90 Å². The van der Waals surface area contributed by atoms with Crippen molar-refractivity contribution >= 4 is 5.96 Å². The van der Waals surface area contributed by atoms with Crippen molar-refractivity contribution in [2.75, 3.05) is 32.8 Å². The Balaban J connectivity index is 1.57. The van der Waals surface area contributed by atoms with E-state index in [2.05, 4.69) is 9.89 Å². The topological polar surface area (TPSA) is 50.9 Å². The molecule has 0 unspecified atom stereocenters. The van der Waals surface area contributed by atoms with Crippen molar-refractivity contribution in [1.29, 1.82) is 0 Å². The van der Waals surface area contributed by atoms with Gasteiger partial charge in [0.2, 0.25) is 0 Å². The van der Waals surface area contributed by atoms with Crippen molar-refractivity contribution in [3.05, 3.63) is 0 Å². The van der Waals surface area contributed by atoms with Gasteiger partial charge >= 0.3 is 0 Å². The van der Waals surface area contributed by atoms with Gasteiger partial charge in [0.05, 0.1) is 13.2 Å². The average Bonchev–Trinajstić information content (AvgIpc) is 3.13. The first-order valence-electron chi connectivity index (χ1n) is 6.49. The molecule has 0 bridgehead atoms. The summed E-state index contributed by atoms with van der Waals surface area (Å²) < 4.78 is 5.51. The normalized spacial score (nSPS) is 22.5. The fourth-order valence-electron chi connectivity index (χ4n) is 1.98. The number of aliphatic imine (C=N–C) groups is 1. The molecule has 2 aliphatic rings. The maximum Gasteiger partial charge on any atom is 0.191 e. The fourth-order valence-corrected chi connectivity index (χ4v) is 1.98. The summed E-state index contributed by atoms with van der Waals surface area (Å²) in [5.74, 6) is 1.54. The number of hydrogen-bond donors (Lipinski definition) is 1. The van der Waals surface area contributed by atoms with Crippen molar-refractivity contribution in [3.63, 3.8) is 0 Å². The van der Waals surface area contributed by atoms with Gasteiger partial charge in [0.25, 0.3) is 0 Å². The van der Waals surface area contributed by atoms with Gasteiger partial charge < -0.3 is 15.4 Å². The van der Waals surface area contributed by atoms with Crippen LogP contribution in [0.2, 0.25) is 0 Å². The minimum absolute atomic E-state index is 0.703. The predicted octanol–water partition coefficient (Wildman–Crippen LogP) is 1.21. The van der Waals surface area contributed by atoms with Crippen LogP contribution in [-0.4, -0.2) is 43.7 Å². The fraction of sp³-hybridized carbons (Fsp3) is 0.917. The monoisotopic (exact) mass is 225 g/mol. The van der Waals surface area contributed by atoms with Crippen LogP contribution in [0.4, 0.5) is 0 Å². The number of nitrogens with two attached hydrogens (primary N) is 1. The summed E-state index contributed by atoms with van der Waals surface area (Å²) in [5.41, 5.74) is 5.92. The first-order chi connectivity index (χ1) is 7.86. The molecule has 16 heavy (non-hydrogen) atoms. The molecule has 0 atom stereocenters. The number of piperidine rings is 1. The molecule has 1 heterocycles. The Kier molecular flexibility index (Phi) is 4.45. The lowest BCUT2D eigenvalue weighted by Crippen LogP contribution is -2.41. The minimum atomic E-state index is 0.703. The van der Waals surface area contributed by atoms with Gasteiger partial charge in [-0.05, 0) is 38.0 Å². The van der Waals surface area contributed by atoms with Crippen molar-refractivity contribution in [2.24, 2.45) is 16.6 Å². The standard InChI is InChI=1S/C12H23N3O/c13-12(15-7-2-1-3-8-15)14-6-9-16-10-11-4-5-11/h11H,1-10H2,(H2,13,14). The van der Waals surface area contributed by atoms with Crippen LogP contribution in [0.3, 0.4) is 0 Å². The molecule has 1 aliphatic carbocycles. The van der Waals surface area contributed by atoms with Crippen LogP contribution in [0.15, 0.2) is 4.99 Å². The van der Waals surface area contributed by atoms with Crippen LogP contribution in [-0.2, 0) is 4.74 Å². The number of guanidine groups is 1. The van der Waals surface area contributed by atoms with Gasteiger partial charge in [-0.25, -0.2) is 0 Å². The van der Waals surface area contributed by atoms with Gasteiger partial charge in [-0.2, -0.15) is 0 Å².